The molecule has 6 nitrogen and oxygen atoms in total. The Morgan fingerprint density at radius 3 is 2.93 bits per heavy atom. The summed E-state index contributed by atoms with van der Waals surface area (Å²) in [6.45, 7) is 4.33. The van der Waals surface area contributed by atoms with Crippen LogP contribution in [0.2, 0.25) is 5.02 Å². The Hall–Kier alpha value is -3.25. The number of imidazole rings is 1. The summed E-state index contributed by atoms with van der Waals surface area (Å²) in [7, 11) is 1.57. The average Bonchev–Trinajstić information content (AvgIpc) is 3.11. The lowest BCUT2D eigenvalue weighted by molar-refractivity contribution is -0.116. The van der Waals surface area contributed by atoms with Gasteiger partial charge in [0.05, 0.1) is 24.4 Å². The normalized spacial score (nSPS) is 10.9. The van der Waals surface area contributed by atoms with Crippen molar-refractivity contribution >= 4 is 29.2 Å². The number of nitrogens with zero attached hydrogens (tertiary/aromatic N) is 2. The van der Waals surface area contributed by atoms with Gasteiger partial charge in [0.25, 0.3) is 0 Å². The average molecular weight is 398 g/mol. The lowest BCUT2D eigenvalue weighted by atomic mass is 10.2. The number of rotatable bonds is 8. The molecule has 0 saturated heterocycles. The van der Waals surface area contributed by atoms with Gasteiger partial charge in [-0.15, -0.1) is 0 Å². The molecule has 0 radical (unpaired) electrons. The third kappa shape index (κ3) is 4.92. The molecular weight excluding hydrogens is 378 g/mol. The van der Waals surface area contributed by atoms with Gasteiger partial charge in [-0.1, -0.05) is 30.3 Å². The molecule has 0 bridgehead atoms. The van der Waals surface area contributed by atoms with Crippen molar-refractivity contribution in [2.24, 2.45) is 0 Å². The molecule has 0 fully saturated rings. The molecule has 3 rings (SSSR count). The van der Waals surface area contributed by atoms with Gasteiger partial charge in [-0.05, 0) is 35.9 Å². The standard InChI is InChI=1S/C21H20ClN3O3/c1-3-10-28-18-7-4-15(11-19(18)27-2)5-9-21(26)23-12-17-14-25-13-16(22)6-8-20(25)24-17/h3-9,11,13-14H,1,10,12H2,2H3,(H,23,26)/b9-5+. The zero-order valence-electron chi connectivity index (χ0n) is 15.4. The first-order chi connectivity index (χ1) is 13.6. The van der Waals surface area contributed by atoms with Crippen molar-refractivity contribution < 1.29 is 14.3 Å². The number of fused-ring (bicyclic) bond motifs is 1. The fraction of sp³-hybridized carbons (Fsp3) is 0.143. The van der Waals surface area contributed by atoms with Crippen molar-refractivity contribution in [3.05, 3.63) is 77.7 Å². The molecule has 0 spiro atoms. The molecule has 1 amide bonds. The van der Waals surface area contributed by atoms with Crippen LogP contribution in [-0.2, 0) is 11.3 Å². The van der Waals surface area contributed by atoms with Gasteiger partial charge in [0.15, 0.2) is 11.5 Å². The lowest BCUT2D eigenvalue weighted by Crippen LogP contribution is -2.20. The van der Waals surface area contributed by atoms with E-state index in [-0.39, 0.29) is 5.91 Å². The van der Waals surface area contributed by atoms with Crippen LogP contribution >= 0.6 is 11.6 Å². The summed E-state index contributed by atoms with van der Waals surface area (Å²) < 4.78 is 12.7. The summed E-state index contributed by atoms with van der Waals surface area (Å²) in [5.41, 5.74) is 2.34. The highest BCUT2D eigenvalue weighted by atomic mass is 35.5. The SMILES string of the molecule is C=CCOc1ccc(/C=C/C(=O)NCc2cn3cc(Cl)ccc3n2)cc1OC. The maximum absolute atomic E-state index is 12.1. The van der Waals surface area contributed by atoms with Crippen LogP contribution in [-0.4, -0.2) is 29.0 Å². The van der Waals surface area contributed by atoms with E-state index in [1.807, 2.05) is 22.7 Å². The van der Waals surface area contributed by atoms with Crippen molar-refractivity contribution in [1.82, 2.24) is 14.7 Å². The Bertz CT molecular complexity index is 1030. The van der Waals surface area contributed by atoms with Crippen LogP contribution in [0.25, 0.3) is 11.7 Å². The highest BCUT2D eigenvalue weighted by Crippen LogP contribution is 2.28. The topological polar surface area (TPSA) is 64.9 Å². The molecule has 0 atom stereocenters. The monoisotopic (exact) mass is 397 g/mol. The summed E-state index contributed by atoms with van der Waals surface area (Å²) in [4.78, 5) is 16.5. The molecule has 0 aliphatic carbocycles. The number of hydrogen-bond donors (Lipinski definition) is 1. The van der Waals surface area contributed by atoms with Crippen LogP contribution in [0.5, 0.6) is 11.5 Å². The zero-order chi connectivity index (χ0) is 19.9. The van der Waals surface area contributed by atoms with Crippen LogP contribution in [0, 0.1) is 0 Å². The van der Waals surface area contributed by atoms with E-state index in [2.05, 4.69) is 16.9 Å². The smallest absolute Gasteiger partial charge is 0.244 e. The van der Waals surface area contributed by atoms with Gasteiger partial charge < -0.3 is 19.2 Å². The molecule has 1 N–H and O–H groups in total. The Kier molecular flexibility index (Phi) is 6.34. The fourth-order valence-electron chi connectivity index (χ4n) is 2.57. The minimum atomic E-state index is -0.221. The zero-order valence-corrected chi connectivity index (χ0v) is 16.1. The first-order valence-corrected chi connectivity index (χ1v) is 8.97. The second-order valence-corrected chi connectivity index (χ2v) is 6.34. The largest absolute Gasteiger partial charge is 0.493 e. The van der Waals surface area contributed by atoms with Gasteiger partial charge in [0.1, 0.15) is 12.3 Å². The molecule has 0 aliphatic rings. The number of halogens is 1. The molecule has 2 aromatic heterocycles. The van der Waals surface area contributed by atoms with Crippen molar-refractivity contribution in [1.29, 1.82) is 0 Å². The highest BCUT2D eigenvalue weighted by molar-refractivity contribution is 6.30. The number of ether oxygens (including phenoxy) is 2. The number of nitrogens with one attached hydrogen (secondary N) is 1. The van der Waals surface area contributed by atoms with Crippen molar-refractivity contribution in [3.8, 4) is 11.5 Å². The molecular formula is C21H20ClN3O3. The van der Waals surface area contributed by atoms with Crippen LogP contribution < -0.4 is 14.8 Å². The predicted octanol–water partition coefficient (Wildman–Crippen LogP) is 3.89. The second kappa shape index (κ2) is 9.10. The van der Waals surface area contributed by atoms with E-state index in [4.69, 9.17) is 21.1 Å². The number of pyridine rings is 1. The number of carbonyl (C=O) groups excluding carboxylic acids is 1. The molecule has 1 aromatic carbocycles. The fourth-order valence-corrected chi connectivity index (χ4v) is 2.73. The Balaban J connectivity index is 1.60. The van der Waals surface area contributed by atoms with Crippen molar-refractivity contribution in [3.63, 3.8) is 0 Å². The first-order valence-electron chi connectivity index (χ1n) is 8.60. The van der Waals surface area contributed by atoms with Gasteiger partial charge in [-0.3, -0.25) is 4.79 Å². The van der Waals surface area contributed by atoms with Gasteiger partial charge in [0.2, 0.25) is 5.91 Å². The maximum atomic E-state index is 12.1. The predicted molar refractivity (Wildman–Crippen MR) is 110 cm³/mol. The molecule has 7 heteroatoms. The van der Waals surface area contributed by atoms with E-state index >= 15 is 0 Å². The van der Waals surface area contributed by atoms with Crippen LogP contribution in [0.4, 0.5) is 0 Å². The van der Waals surface area contributed by atoms with E-state index in [9.17, 15) is 4.79 Å². The molecule has 28 heavy (non-hydrogen) atoms. The third-order valence-electron chi connectivity index (χ3n) is 3.88. The van der Waals surface area contributed by atoms with Crippen LogP contribution in [0.3, 0.4) is 0 Å². The molecule has 3 aromatic rings. The second-order valence-electron chi connectivity index (χ2n) is 5.91. The highest BCUT2D eigenvalue weighted by Gasteiger charge is 2.06. The molecule has 144 valence electrons. The van der Waals surface area contributed by atoms with Gasteiger partial charge in [-0.25, -0.2) is 4.98 Å². The maximum Gasteiger partial charge on any atom is 0.244 e. The number of carbonyl (C=O) groups is 1. The van der Waals surface area contributed by atoms with E-state index in [1.54, 1.807) is 43.7 Å². The number of methoxy groups -OCH3 is 1. The van der Waals surface area contributed by atoms with E-state index in [0.29, 0.717) is 29.7 Å². The van der Waals surface area contributed by atoms with E-state index in [0.717, 1.165) is 16.9 Å². The molecule has 0 saturated carbocycles. The summed E-state index contributed by atoms with van der Waals surface area (Å²) in [5.74, 6) is 0.991. The summed E-state index contributed by atoms with van der Waals surface area (Å²) in [6, 6.07) is 9.03. The Labute approximate surface area is 168 Å². The van der Waals surface area contributed by atoms with Crippen LogP contribution in [0.1, 0.15) is 11.3 Å². The molecule has 0 aliphatic heterocycles. The number of amides is 1. The number of benzene rings is 1. The lowest BCUT2D eigenvalue weighted by Gasteiger charge is -2.09. The summed E-state index contributed by atoms with van der Waals surface area (Å²) in [5, 5.41) is 3.44. The number of aromatic nitrogens is 2. The molecule has 2 heterocycles. The Morgan fingerprint density at radius 1 is 1.29 bits per heavy atom. The van der Waals surface area contributed by atoms with E-state index < -0.39 is 0 Å². The quantitative estimate of drug-likeness (QED) is 0.462. The van der Waals surface area contributed by atoms with Crippen molar-refractivity contribution in [2.75, 3.05) is 13.7 Å². The minimum Gasteiger partial charge on any atom is -0.493 e. The first kappa shape index (κ1) is 19.5. The number of hydrogen-bond acceptors (Lipinski definition) is 4. The van der Waals surface area contributed by atoms with Gasteiger partial charge >= 0.3 is 0 Å². The summed E-state index contributed by atoms with van der Waals surface area (Å²) in [6.07, 6.45) is 8.43. The van der Waals surface area contributed by atoms with Gasteiger partial charge in [-0.2, -0.15) is 0 Å². The summed E-state index contributed by atoms with van der Waals surface area (Å²) >= 11 is 5.96. The third-order valence-corrected chi connectivity index (χ3v) is 4.10. The van der Waals surface area contributed by atoms with Gasteiger partial charge in [0, 0.05) is 18.5 Å². The van der Waals surface area contributed by atoms with E-state index in [1.165, 1.54) is 6.08 Å². The minimum absolute atomic E-state index is 0.221. The molecule has 0 unspecified atom stereocenters. The van der Waals surface area contributed by atoms with Crippen molar-refractivity contribution in [2.45, 2.75) is 6.54 Å². The van der Waals surface area contributed by atoms with Crippen LogP contribution in [0.15, 0.2) is 61.5 Å². The Morgan fingerprint density at radius 2 is 2.14 bits per heavy atom.